The number of ketones is 1. The van der Waals surface area contributed by atoms with E-state index in [0.29, 0.717) is 6.42 Å². The van der Waals surface area contributed by atoms with E-state index in [4.69, 9.17) is 0 Å². The molecular weight excluding hydrogens is 160 g/mol. The van der Waals surface area contributed by atoms with Crippen molar-refractivity contribution in [3.05, 3.63) is 35.4 Å². The monoisotopic (exact) mass is 176 g/mol. The number of Topliss-reactive ketones (excluding diaryl/α,β-unsaturated/α-hetero) is 1. The summed E-state index contributed by atoms with van der Waals surface area (Å²) in [6, 6.07) is 7.78. The Morgan fingerprint density at radius 1 is 1.31 bits per heavy atom. The first-order valence-electron chi connectivity index (χ1n) is 4.84. The summed E-state index contributed by atoms with van der Waals surface area (Å²) in [5.74, 6) is 0.278. The molecule has 0 radical (unpaired) electrons. The van der Waals surface area contributed by atoms with Crippen LogP contribution in [0.1, 0.15) is 42.1 Å². The number of benzene rings is 1. The van der Waals surface area contributed by atoms with E-state index < -0.39 is 0 Å². The Balaban J connectivity index is 2.71. The fourth-order valence-electron chi connectivity index (χ4n) is 1.36. The predicted molar refractivity (Wildman–Crippen MR) is 55.0 cm³/mol. The molecule has 1 aromatic carbocycles. The third-order valence-electron chi connectivity index (χ3n) is 2.20. The predicted octanol–water partition coefficient (Wildman–Crippen LogP) is 3.37. The molecule has 0 atom stereocenters. The second kappa shape index (κ2) is 4.80. The first-order valence-corrected chi connectivity index (χ1v) is 4.84. The molecule has 1 heteroatoms. The van der Waals surface area contributed by atoms with Crippen LogP contribution in [-0.4, -0.2) is 5.78 Å². The summed E-state index contributed by atoms with van der Waals surface area (Å²) in [4.78, 5) is 11.6. The summed E-state index contributed by atoms with van der Waals surface area (Å²) in [7, 11) is 0. The molecule has 0 heterocycles. The van der Waals surface area contributed by atoms with Crippen LogP contribution in [0.25, 0.3) is 0 Å². The maximum Gasteiger partial charge on any atom is 0.163 e. The van der Waals surface area contributed by atoms with E-state index >= 15 is 0 Å². The Kier molecular flexibility index (Phi) is 3.69. The summed E-state index contributed by atoms with van der Waals surface area (Å²) >= 11 is 0. The van der Waals surface area contributed by atoms with Crippen molar-refractivity contribution in [2.24, 2.45) is 0 Å². The van der Waals surface area contributed by atoms with Crippen molar-refractivity contribution >= 4 is 5.78 Å². The molecule has 0 spiro atoms. The zero-order chi connectivity index (χ0) is 9.68. The lowest BCUT2D eigenvalue weighted by Crippen LogP contribution is -2.00. The average Bonchev–Trinajstić information content (AvgIpc) is 2.15. The number of unbranched alkanes of at least 4 members (excludes halogenated alkanes) is 1. The minimum absolute atomic E-state index is 0.278. The average molecular weight is 176 g/mol. The summed E-state index contributed by atoms with van der Waals surface area (Å²) < 4.78 is 0. The van der Waals surface area contributed by atoms with E-state index in [0.717, 1.165) is 24.0 Å². The summed E-state index contributed by atoms with van der Waals surface area (Å²) in [5.41, 5.74) is 1.97. The van der Waals surface area contributed by atoms with Gasteiger partial charge in [0.25, 0.3) is 0 Å². The maximum absolute atomic E-state index is 11.6. The molecule has 1 nitrogen and oxygen atoms in total. The Morgan fingerprint density at radius 2 is 2.00 bits per heavy atom. The molecule has 0 N–H and O–H groups in total. The quantitative estimate of drug-likeness (QED) is 0.643. The molecule has 0 aliphatic heterocycles. The minimum Gasteiger partial charge on any atom is -0.294 e. The minimum atomic E-state index is 0.278. The lowest BCUT2D eigenvalue weighted by molar-refractivity contribution is 0.0979. The van der Waals surface area contributed by atoms with Gasteiger partial charge in [-0.1, -0.05) is 37.6 Å². The van der Waals surface area contributed by atoms with Crippen LogP contribution in [0.4, 0.5) is 0 Å². The van der Waals surface area contributed by atoms with Gasteiger partial charge in [0.05, 0.1) is 0 Å². The Morgan fingerprint density at radius 3 is 2.62 bits per heavy atom. The van der Waals surface area contributed by atoms with E-state index in [1.54, 1.807) is 0 Å². The molecule has 0 aliphatic carbocycles. The van der Waals surface area contributed by atoms with Crippen molar-refractivity contribution in [1.29, 1.82) is 0 Å². The van der Waals surface area contributed by atoms with Crippen LogP contribution in [0.2, 0.25) is 0 Å². The lowest BCUT2D eigenvalue weighted by atomic mass is 10.0. The number of hydrogen-bond acceptors (Lipinski definition) is 1. The maximum atomic E-state index is 11.6. The van der Waals surface area contributed by atoms with Crippen LogP contribution >= 0.6 is 0 Å². The standard InChI is InChI=1S/C12H16O/c1-3-4-9-12(13)11-8-6-5-7-10(11)2/h5-8H,3-4,9H2,1-2H3. The van der Waals surface area contributed by atoms with Gasteiger partial charge in [-0.05, 0) is 18.9 Å². The van der Waals surface area contributed by atoms with Gasteiger partial charge < -0.3 is 0 Å². The summed E-state index contributed by atoms with van der Waals surface area (Å²) in [5, 5.41) is 0. The van der Waals surface area contributed by atoms with Gasteiger partial charge >= 0.3 is 0 Å². The van der Waals surface area contributed by atoms with Gasteiger partial charge in [-0.3, -0.25) is 4.79 Å². The topological polar surface area (TPSA) is 17.1 Å². The number of aryl methyl sites for hydroxylation is 1. The third kappa shape index (κ3) is 2.69. The van der Waals surface area contributed by atoms with Crippen LogP contribution in [0, 0.1) is 6.92 Å². The molecule has 0 unspecified atom stereocenters. The molecule has 13 heavy (non-hydrogen) atoms. The van der Waals surface area contributed by atoms with E-state index in [-0.39, 0.29) is 5.78 Å². The fraction of sp³-hybridized carbons (Fsp3) is 0.417. The van der Waals surface area contributed by atoms with Crippen LogP contribution in [0.5, 0.6) is 0 Å². The molecule has 0 saturated carbocycles. The van der Waals surface area contributed by atoms with E-state index in [9.17, 15) is 4.79 Å². The van der Waals surface area contributed by atoms with Crippen molar-refractivity contribution in [1.82, 2.24) is 0 Å². The second-order valence-electron chi connectivity index (χ2n) is 3.34. The van der Waals surface area contributed by atoms with Gasteiger partial charge in [-0.2, -0.15) is 0 Å². The summed E-state index contributed by atoms with van der Waals surface area (Å²) in [6.07, 6.45) is 2.76. The molecule has 0 fully saturated rings. The highest BCUT2D eigenvalue weighted by Gasteiger charge is 2.06. The normalized spacial score (nSPS) is 10.0. The van der Waals surface area contributed by atoms with Gasteiger partial charge in [0.15, 0.2) is 5.78 Å². The lowest BCUT2D eigenvalue weighted by Gasteiger charge is -2.02. The van der Waals surface area contributed by atoms with Crippen molar-refractivity contribution < 1.29 is 4.79 Å². The van der Waals surface area contributed by atoms with Crippen molar-refractivity contribution in [3.63, 3.8) is 0 Å². The number of rotatable bonds is 4. The first kappa shape index (κ1) is 9.97. The Hall–Kier alpha value is -1.11. The van der Waals surface area contributed by atoms with Crippen LogP contribution in [0.15, 0.2) is 24.3 Å². The summed E-state index contributed by atoms with van der Waals surface area (Å²) in [6.45, 7) is 4.09. The smallest absolute Gasteiger partial charge is 0.163 e. The Labute approximate surface area is 79.8 Å². The number of carbonyl (C=O) groups excluding carboxylic acids is 1. The molecule has 0 saturated heterocycles. The SMILES string of the molecule is CCCCC(=O)c1ccccc1C. The molecule has 1 rings (SSSR count). The molecule has 0 amide bonds. The van der Waals surface area contributed by atoms with E-state index in [1.165, 1.54) is 0 Å². The number of carbonyl (C=O) groups is 1. The fourth-order valence-corrected chi connectivity index (χ4v) is 1.36. The van der Waals surface area contributed by atoms with Gasteiger partial charge in [0, 0.05) is 12.0 Å². The third-order valence-corrected chi connectivity index (χ3v) is 2.20. The van der Waals surface area contributed by atoms with Crippen LogP contribution in [0.3, 0.4) is 0 Å². The van der Waals surface area contributed by atoms with E-state index in [2.05, 4.69) is 6.92 Å². The molecular formula is C12H16O. The van der Waals surface area contributed by atoms with E-state index in [1.807, 2.05) is 31.2 Å². The molecule has 0 bridgehead atoms. The molecule has 0 aliphatic rings. The second-order valence-corrected chi connectivity index (χ2v) is 3.34. The Bertz CT molecular complexity index is 289. The largest absolute Gasteiger partial charge is 0.294 e. The first-order chi connectivity index (χ1) is 6.25. The van der Waals surface area contributed by atoms with Gasteiger partial charge in [-0.15, -0.1) is 0 Å². The number of hydrogen-bond donors (Lipinski definition) is 0. The van der Waals surface area contributed by atoms with Crippen molar-refractivity contribution in [2.75, 3.05) is 0 Å². The van der Waals surface area contributed by atoms with Gasteiger partial charge in [0.1, 0.15) is 0 Å². The highest BCUT2D eigenvalue weighted by molar-refractivity contribution is 5.97. The van der Waals surface area contributed by atoms with Crippen molar-refractivity contribution in [2.45, 2.75) is 33.1 Å². The molecule has 1 aromatic rings. The highest BCUT2D eigenvalue weighted by atomic mass is 16.1. The molecule has 0 aromatic heterocycles. The highest BCUT2D eigenvalue weighted by Crippen LogP contribution is 2.11. The van der Waals surface area contributed by atoms with Gasteiger partial charge in [0.2, 0.25) is 0 Å². The van der Waals surface area contributed by atoms with Crippen LogP contribution < -0.4 is 0 Å². The zero-order valence-electron chi connectivity index (χ0n) is 8.34. The van der Waals surface area contributed by atoms with Crippen LogP contribution in [-0.2, 0) is 0 Å². The van der Waals surface area contributed by atoms with Crippen molar-refractivity contribution in [3.8, 4) is 0 Å². The molecule has 70 valence electrons. The zero-order valence-corrected chi connectivity index (χ0v) is 8.34. The van der Waals surface area contributed by atoms with Gasteiger partial charge in [-0.25, -0.2) is 0 Å².